The van der Waals surface area contributed by atoms with E-state index in [1.165, 1.54) is 0 Å². The molecule has 0 aliphatic rings. The molecular formula is C19H20BrNO3. The smallest absolute Gasteiger partial charge is 0.307 e. The van der Waals surface area contributed by atoms with E-state index in [1.54, 1.807) is 24.3 Å². The summed E-state index contributed by atoms with van der Waals surface area (Å²) in [7, 11) is 0. The lowest BCUT2D eigenvalue weighted by atomic mass is 9.95. The SMILES string of the molecule is CCC(Cc1ccccc1Br)C(=O)Nc1ccccc1CC(=O)O. The van der Waals surface area contributed by atoms with Crippen molar-refractivity contribution in [1.82, 2.24) is 0 Å². The molecule has 1 unspecified atom stereocenters. The van der Waals surface area contributed by atoms with Crippen LogP contribution in [0.5, 0.6) is 0 Å². The maximum absolute atomic E-state index is 12.6. The molecule has 4 nitrogen and oxygen atoms in total. The zero-order chi connectivity index (χ0) is 17.5. The molecule has 0 heterocycles. The number of carbonyl (C=O) groups excluding carboxylic acids is 1. The van der Waals surface area contributed by atoms with Gasteiger partial charge in [-0.3, -0.25) is 9.59 Å². The highest BCUT2D eigenvalue weighted by Crippen LogP contribution is 2.23. The molecule has 0 bridgehead atoms. The molecule has 0 saturated carbocycles. The average Bonchev–Trinajstić information content (AvgIpc) is 2.55. The molecule has 1 atom stereocenters. The van der Waals surface area contributed by atoms with Crippen LogP contribution in [0.25, 0.3) is 0 Å². The summed E-state index contributed by atoms with van der Waals surface area (Å²) in [5.41, 5.74) is 2.25. The zero-order valence-corrected chi connectivity index (χ0v) is 15.0. The second kappa shape index (κ2) is 8.64. The lowest BCUT2D eigenvalue weighted by molar-refractivity contribution is -0.136. The number of carboxylic acid groups (broad SMARTS) is 1. The highest BCUT2D eigenvalue weighted by atomic mass is 79.9. The highest BCUT2D eigenvalue weighted by Gasteiger charge is 2.19. The van der Waals surface area contributed by atoms with Crippen molar-refractivity contribution in [2.45, 2.75) is 26.2 Å². The van der Waals surface area contributed by atoms with E-state index in [9.17, 15) is 9.59 Å². The largest absolute Gasteiger partial charge is 0.481 e. The van der Waals surface area contributed by atoms with Gasteiger partial charge in [-0.25, -0.2) is 0 Å². The van der Waals surface area contributed by atoms with E-state index in [1.807, 2.05) is 31.2 Å². The van der Waals surface area contributed by atoms with Crippen molar-refractivity contribution >= 4 is 33.5 Å². The number of aliphatic carboxylic acids is 1. The van der Waals surface area contributed by atoms with Gasteiger partial charge in [-0.1, -0.05) is 59.3 Å². The molecule has 5 heteroatoms. The lowest BCUT2D eigenvalue weighted by Crippen LogP contribution is -2.25. The number of rotatable bonds is 7. The van der Waals surface area contributed by atoms with Crippen molar-refractivity contribution in [2.75, 3.05) is 5.32 Å². The third kappa shape index (κ3) is 4.93. The van der Waals surface area contributed by atoms with Gasteiger partial charge in [0.15, 0.2) is 0 Å². The van der Waals surface area contributed by atoms with Crippen LogP contribution < -0.4 is 5.32 Å². The molecular weight excluding hydrogens is 370 g/mol. The van der Waals surface area contributed by atoms with E-state index in [2.05, 4.69) is 21.2 Å². The number of carboxylic acids is 1. The van der Waals surface area contributed by atoms with Gasteiger partial charge in [0, 0.05) is 16.1 Å². The second-order valence-corrected chi connectivity index (χ2v) is 6.47. The molecule has 0 aliphatic carbocycles. The van der Waals surface area contributed by atoms with Crippen LogP contribution in [-0.2, 0) is 22.4 Å². The number of para-hydroxylation sites is 1. The molecule has 0 radical (unpaired) electrons. The Labute approximate surface area is 150 Å². The maximum Gasteiger partial charge on any atom is 0.307 e. The summed E-state index contributed by atoms with van der Waals surface area (Å²) in [5, 5.41) is 11.9. The summed E-state index contributed by atoms with van der Waals surface area (Å²) in [6, 6.07) is 14.9. The molecule has 0 aliphatic heterocycles. The molecule has 2 N–H and O–H groups in total. The minimum Gasteiger partial charge on any atom is -0.481 e. The van der Waals surface area contributed by atoms with Gasteiger partial charge in [-0.2, -0.15) is 0 Å². The summed E-state index contributed by atoms with van der Waals surface area (Å²) in [4.78, 5) is 23.6. The number of carbonyl (C=O) groups is 2. The number of nitrogens with one attached hydrogen (secondary N) is 1. The van der Waals surface area contributed by atoms with Crippen molar-refractivity contribution in [3.63, 3.8) is 0 Å². The van der Waals surface area contributed by atoms with Crippen LogP contribution >= 0.6 is 15.9 Å². The third-order valence-corrected chi connectivity index (χ3v) is 4.68. The summed E-state index contributed by atoms with van der Waals surface area (Å²) in [5.74, 6) is -1.19. The van der Waals surface area contributed by atoms with Crippen LogP contribution in [0.4, 0.5) is 5.69 Å². The number of anilines is 1. The molecule has 0 saturated heterocycles. The molecule has 0 aromatic heterocycles. The molecule has 2 aromatic rings. The fourth-order valence-electron chi connectivity index (χ4n) is 2.55. The van der Waals surface area contributed by atoms with E-state index in [-0.39, 0.29) is 18.2 Å². The normalized spacial score (nSPS) is 11.8. The van der Waals surface area contributed by atoms with Gasteiger partial charge >= 0.3 is 5.97 Å². The first kappa shape index (κ1) is 18.2. The monoisotopic (exact) mass is 389 g/mol. The van der Waals surface area contributed by atoms with E-state index in [0.29, 0.717) is 24.1 Å². The molecule has 126 valence electrons. The summed E-state index contributed by atoms with van der Waals surface area (Å²) in [6.45, 7) is 1.98. The number of halogens is 1. The maximum atomic E-state index is 12.6. The van der Waals surface area contributed by atoms with E-state index < -0.39 is 5.97 Å². The second-order valence-electron chi connectivity index (χ2n) is 5.62. The van der Waals surface area contributed by atoms with E-state index in [0.717, 1.165) is 10.0 Å². The molecule has 2 aromatic carbocycles. The van der Waals surface area contributed by atoms with Crippen LogP contribution in [0.3, 0.4) is 0 Å². The Morgan fingerprint density at radius 1 is 1.08 bits per heavy atom. The van der Waals surface area contributed by atoms with Gasteiger partial charge in [0.25, 0.3) is 0 Å². The Bertz CT molecular complexity index is 730. The summed E-state index contributed by atoms with van der Waals surface area (Å²) < 4.78 is 0.988. The topological polar surface area (TPSA) is 66.4 Å². The average molecular weight is 390 g/mol. The van der Waals surface area contributed by atoms with Crippen molar-refractivity contribution in [2.24, 2.45) is 5.92 Å². The number of benzene rings is 2. The van der Waals surface area contributed by atoms with Gasteiger partial charge in [0.2, 0.25) is 5.91 Å². The molecule has 24 heavy (non-hydrogen) atoms. The van der Waals surface area contributed by atoms with Gasteiger partial charge < -0.3 is 10.4 Å². The van der Waals surface area contributed by atoms with Gasteiger partial charge in [0.05, 0.1) is 6.42 Å². The number of hydrogen-bond acceptors (Lipinski definition) is 2. The predicted molar refractivity (Wildman–Crippen MR) is 98.0 cm³/mol. The lowest BCUT2D eigenvalue weighted by Gasteiger charge is -2.17. The Morgan fingerprint density at radius 2 is 1.71 bits per heavy atom. The summed E-state index contributed by atoms with van der Waals surface area (Å²) in [6.07, 6.45) is 1.22. The van der Waals surface area contributed by atoms with Gasteiger partial charge in [-0.05, 0) is 36.1 Å². The third-order valence-electron chi connectivity index (χ3n) is 3.90. The van der Waals surface area contributed by atoms with Crippen molar-refractivity contribution in [1.29, 1.82) is 0 Å². The Balaban J connectivity index is 2.13. The van der Waals surface area contributed by atoms with Crippen LogP contribution in [0.1, 0.15) is 24.5 Å². The fourth-order valence-corrected chi connectivity index (χ4v) is 2.99. The van der Waals surface area contributed by atoms with Crippen LogP contribution in [0.2, 0.25) is 0 Å². The Kier molecular flexibility index (Phi) is 6.55. The van der Waals surface area contributed by atoms with Gasteiger partial charge in [-0.15, -0.1) is 0 Å². The Morgan fingerprint density at radius 3 is 2.33 bits per heavy atom. The Hall–Kier alpha value is -2.14. The van der Waals surface area contributed by atoms with Crippen LogP contribution in [0, 0.1) is 5.92 Å². The number of amides is 1. The molecule has 0 fully saturated rings. The first-order valence-corrected chi connectivity index (χ1v) is 8.64. The van der Waals surface area contributed by atoms with E-state index in [4.69, 9.17) is 5.11 Å². The highest BCUT2D eigenvalue weighted by molar-refractivity contribution is 9.10. The quantitative estimate of drug-likeness (QED) is 0.742. The first-order valence-electron chi connectivity index (χ1n) is 7.85. The van der Waals surface area contributed by atoms with Gasteiger partial charge in [0.1, 0.15) is 0 Å². The van der Waals surface area contributed by atoms with Crippen molar-refractivity contribution in [3.8, 4) is 0 Å². The van der Waals surface area contributed by atoms with Crippen molar-refractivity contribution < 1.29 is 14.7 Å². The molecule has 0 spiro atoms. The number of hydrogen-bond donors (Lipinski definition) is 2. The molecule has 1 amide bonds. The van der Waals surface area contributed by atoms with E-state index >= 15 is 0 Å². The summed E-state index contributed by atoms with van der Waals surface area (Å²) >= 11 is 3.51. The van der Waals surface area contributed by atoms with Crippen LogP contribution in [0.15, 0.2) is 53.0 Å². The minimum absolute atomic E-state index is 0.0916. The molecule has 2 rings (SSSR count). The standard InChI is InChI=1S/C19H20BrNO3/c1-2-13(11-14-7-3-5-9-16(14)20)19(24)21-17-10-6-4-8-15(17)12-18(22)23/h3-10,13H,2,11-12H2,1H3,(H,21,24)(H,22,23). The first-order chi connectivity index (χ1) is 11.5. The van der Waals surface area contributed by atoms with Crippen molar-refractivity contribution in [3.05, 3.63) is 64.1 Å². The predicted octanol–water partition coefficient (Wildman–Crippen LogP) is 4.28. The minimum atomic E-state index is -0.919. The zero-order valence-electron chi connectivity index (χ0n) is 13.5. The van der Waals surface area contributed by atoms with Crippen LogP contribution in [-0.4, -0.2) is 17.0 Å². The fraction of sp³-hybridized carbons (Fsp3) is 0.263.